The van der Waals surface area contributed by atoms with Gasteiger partial charge in [0.2, 0.25) is 0 Å². The molecule has 0 atom stereocenters. The van der Waals surface area contributed by atoms with Crippen LogP contribution in [0, 0.1) is 6.92 Å². The van der Waals surface area contributed by atoms with Crippen LogP contribution in [0.2, 0.25) is 0 Å². The molecule has 1 fully saturated rings. The predicted molar refractivity (Wildman–Crippen MR) is 116 cm³/mol. The van der Waals surface area contributed by atoms with Crippen molar-refractivity contribution >= 4 is 17.6 Å². The van der Waals surface area contributed by atoms with Crippen molar-refractivity contribution < 1.29 is 14.3 Å². The highest BCUT2D eigenvalue weighted by Gasteiger charge is 2.21. The van der Waals surface area contributed by atoms with E-state index in [1.54, 1.807) is 29.2 Å². The highest BCUT2D eigenvalue weighted by Crippen LogP contribution is 2.27. The van der Waals surface area contributed by atoms with Crippen molar-refractivity contribution in [3.8, 4) is 11.5 Å². The fourth-order valence-electron chi connectivity index (χ4n) is 3.33. The van der Waals surface area contributed by atoms with Crippen LogP contribution in [0.3, 0.4) is 0 Å². The summed E-state index contributed by atoms with van der Waals surface area (Å²) < 4.78 is 6.07. The van der Waals surface area contributed by atoms with Crippen LogP contribution in [0.5, 0.6) is 11.5 Å². The number of nitrogens with one attached hydrogen (secondary N) is 2. The third-order valence-electron chi connectivity index (χ3n) is 5.02. The zero-order chi connectivity index (χ0) is 20.9. The van der Waals surface area contributed by atoms with Crippen molar-refractivity contribution in [3.05, 3.63) is 89.5 Å². The lowest BCUT2D eigenvalue weighted by Crippen LogP contribution is -2.28. The van der Waals surface area contributed by atoms with Gasteiger partial charge < -0.3 is 15.4 Å². The molecular weight excluding hydrogens is 378 g/mol. The van der Waals surface area contributed by atoms with Crippen molar-refractivity contribution in [2.24, 2.45) is 0 Å². The normalized spacial score (nSPS) is 13.1. The number of para-hydroxylation sites is 2. The van der Waals surface area contributed by atoms with Gasteiger partial charge in [0.1, 0.15) is 11.5 Å². The van der Waals surface area contributed by atoms with E-state index in [-0.39, 0.29) is 11.9 Å². The van der Waals surface area contributed by atoms with E-state index < -0.39 is 0 Å². The molecule has 152 valence electrons. The Hall–Kier alpha value is -3.80. The van der Waals surface area contributed by atoms with Gasteiger partial charge in [-0.3, -0.25) is 9.69 Å². The summed E-state index contributed by atoms with van der Waals surface area (Å²) in [5, 5.41) is 5.71. The Morgan fingerprint density at radius 3 is 2.40 bits per heavy atom. The minimum Gasteiger partial charge on any atom is -0.457 e. The van der Waals surface area contributed by atoms with Crippen molar-refractivity contribution in [2.75, 3.05) is 18.0 Å². The largest absolute Gasteiger partial charge is 0.457 e. The van der Waals surface area contributed by atoms with E-state index in [1.165, 1.54) is 0 Å². The molecule has 1 aliphatic rings. The number of nitrogens with zero attached hydrogens (tertiary/aromatic N) is 1. The van der Waals surface area contributed by atoms with E-state index >= 15 is 0 Å². The van der Waals surface area contributed by atoms with Crippen molar-refractivity contribution in [2.45, 2.75) is 13.5 Å². The van der Waals surface area contributed by atoms with Crippen molar-refractivity contribution in [3.63, 3.8) is 0 Å². The van der Waals surface area contributed by atoms with Gasteiger partial charge in [0, 0.05) is 36.4 Å². The second kappa shape index (κ2) is 8.69. The number of rotatable bonds is 6. The molecule has 4 rings (SSSR count). The van der Waals surface area contributed by atoms with Crippen LogP contribution in [-0.4, -0.2) is 25.0 Å². The molecule has 1 aliphatic heterocycles. The summed E-state index contributed by atoms with van der Waals surface area (Å²) in [4.78, 5) is 26.0. The average Bonchev–Trinajstić information content (AvgIpc) is 3.20. The van der Waals surface area contributed by atoms with Crippen LogP contribution in [0.25, 0.3) is 0 Å². The molecule has 6 nitrogen and oxygen atoms in total. The number of hydrogen-bond acceptors (Lipinski definition) is 3. The third kappa shape index (κ3) is 4.27. The molecule has 0 spiro atoms. The molecule has 6 heteroatoms. The first kappa shape index (κ1) is 19.5. The Balaban J connectivity index is 1.42. The molecular formula is C24H23N3O3. The van der Waals surface area contributed by atoms with Gasteiger partial charge in [-0.25, -0.2) is 4.79 Å². The SMILES string of the molecule is Cc1ccccc1Oc1ccccc1CNC(=O)c1ccc(N2CCNC2=O)cc1. The number of aryl methyl sites for hydroxylation is 1. The van der Waals surface area contributed by atoms with Crippen molar-refractivity contribution in [1.29, 1.82) is 0 Å². The highest BCUT2D eigenvalue weighted by molar-refractivity contribution is 5.97. The first-order valence-electron chi connectivity index (χ1n) is 9.87. The molecule has 1 saturated heterocycles. The summed E-state index contributed by atoms with van der Waals surface area (Å²) in [6.07, 6.45) is 0. The fourth-order valence-corrected chi connectivity index (χ4v) is 3.33. The second-order valence-corrected chi connectivity index (χ2v) is 7.09. The molecule has 3 aromatic carbocycles. The van der Waals surface area contributed by atoms with E-state index in [0.717, 1.165) is 22.6 Å². The van der Waals surface area contributed by atoms with Crippen LogP contribution in [0.1, 0.15) is 21.5 Å². The van der Waals surface area contributed by atoms with Gasteiger partial charge in [0.15, 0.2) is 0 Å². The molecule has 0 bridgehead atoms. The first-order chi connectivity index (χ1) is 14.6. The standard InChI is InChI=1S/C24H23N3O3/c1-17-6-2-4-8-21(17)30-22-9-5-3-7-19(22)16-26-23(28)18-10-12-20(13-11-18)27-15-14-25-24(27)29/h2-13H,14-16H2,1H3,(H,25,29)(H,26,28). The topological polar surface area (TPSA) is 70.7 Å². The minimum absolute atomic E-state index is 0.113. The Morgan fingerprint density at radius 1 is 1.00 bits per heavy atom. The van der Waals surface area contributed by atoms with Gasteiger partial charge in [-0.2, -0.15) is 0 Å². The highest BCUT2D eigenvalue weighted by atomic mass is 16.5. The average molecular weight is 401 g/mol. The molecule has 1 heterocycles. The Morgan fingerprint density at radius 2 is 1.70 bits per heavy atom. The van der Waals surface area contributed by atoms with Crippen LogP contribution < -0.4 is 20.3 Å². The minimum atomic E-state index is -0.182. The number of benzene rings is 3. The van der Waals surface area contributed by atoms with Crippen molar-refractivity contribution in [1.82, 2.24) is 10.6 Å². The molecule has 0 aromatic heterocycles. The lowest BCUT2D eigenvalue weighted by atomic mass is 10.1. The zero-order valence-corrected chi connectivity index (χ0v) is 16.7. The van der Waals surface area contributed by atoms with Gasteiger partial charge >= 0.3 is 6.03 Å². The summed E-state index contributed by atoms with van der Waals surface area (Å²) in [6.45, 7) is 3.60. The summed E-state index contributed by atoms with van der Waals surface area (Å²) >= 11 is 0. The van der Waals surface area contributed by atoms with Crippen LogP contribution in [0.15, 0.2) is 72.8 Å². The second-order valence-electron chi connectivity index (χ2n) is 7.09. The van der Waals surface area contributed by atoms with Crippen LogP contribution >= 0.6 is 0 Å². The van der Waals surface area contributed by atoms with E-state index in [9.17, 15) is 9.59 Å². The number of carbonyl (C=O) groups is 2. The third-order valence-corrected chi connectivity index (χ3v) is 5.02. The summed E-state index contributed by atoms with van der Waals surface area (Å²) in [5.41, 5.74) is 3.25. The Bertz CT molecular complexity index is 1060. The number of ether oxygens (including phenoxy) is 1. The van der Waals surface area contributed by atoms with Gasteiger partial charge in [-0.1, -0.05) is 36.4 Å². The molecule has 0 saturated carbocycles. The lowest BCUT2D eigenvalue weighted by Gasteiger charge is -2.15. The van der Waals surface area contributed by atoms with E-state index in [1.807, 2.05) is 55.5 Å². The summed E-state index contributed by atoms with van der Waals surface area (Å²) in [7, 11) is 0. The Kier molecular flexibility index (Phi) is 5.66. The molecule has 0 unspecified atom stereocenters. The predicted octanol–water partition coefficient (Wildman–Crippen LogP) is 4.25. The quantitative estimate of drug-likeness (QED) is 0.649. The number of anilines is 1. The van der Waals surface area contributed by atoms with Gasteiger partial charge in [0.25, 0.3) is 5.91 Å². The number of amides is 3. The Labute approximate surface area is 175 Å². The molecule has 3 amide bonds. The van der Waals surface area contributed by atoms with E-state index in [0.29, 0.717) is 30.9 Å². The number of urea groups is 1. The number of hydrogen-bond donors (Lipinski definition) is 2. The van der Waals surface area contributed by atoms with Gasteiger partial charge in [-0.05, 0) is 48.9 Å². The van der Waals surface area contributed by atoms with Crippen LogP contribution in [0.4, 0.5) is 10.5 Å². The fraction of sp³-hybridized carbons (Fsp3) is 0.167. The lowest BCUT2D eigenvalue weighted by molar-refractivity contribution is 0.0950. The van der Waals surface area contributed by atoms with E-state index in [2.05, 4.69) is 10.6 Å². The van der Waals surface area contributed by atoms with E-state index in [4.69, 9.17) is 4.74 Å². The molecule has 3 aromatic rings. The summed E-state index contributed by atoms with van der Waals surface area (Å²) in [5.74, 6) is 1.32. The monoisotopic (exact) mass is 401 g/mol. The molecule has 0 aliphatic carbocycles. The maximum atomic E-state index is 12.6. The molecule has 2 N–H and O–H groups in total. The zero-order valence-electron chi connectivity index (χ0n) is 16.7. The smallest absolute Gasteiger partial charge is 0.321 e. The van der Waals surface area contributed by atoms with Crippen LogP contribution in [-0.2, 0) is 6.54 Å². The molecule has 0 radical (unpaired) electrons. The van der Waals surface area contributed by atoms with Gasteiger partial charge in [0.05, 0.1) is 0 Å². The summed E-state index contributed by atoms with van der Waals surface area (Å²) in [6, 6.07) is 22.4. The maximum Gasteiger partial charge on any atom is 0.321 e. The van der Waals surface area contributed by atoms with Gasteiger partial charge in [-0.15, -0.1) is 0 Å². The number of carbonyl (C=O) groups excluding carboxylic acids is 2. The maximum absolute atomic E-state index is 12.6. The first-order valence-corrected chi connectivity index (χ1v) is 9.87. The molecule has 30 heavy (non-hydrogen) atoms.